The first kappa shape index (κ1) is 18.1. The van der Waals surface area contributed by atoms with Gasteiger partial charge >= 0.3 is 0 Å². The van der Waals surface area contributed by atoms with Crippen molar-refractivity contribution in [3.8, 4) is 5.75 Å². The molecule has 3 rings (SSSR count). The second-order valence-electron chi connectivity index (χ2n) is 6.60. The fraction of sp³-hybridized carbons (Fsp3) is 0.350. The number of carbonyl (C=O) groups is 2. The SMILES string of the molecule is CC(C(=O)c1ccc(O)cc1)N1CCC(C(=O)Nc2ccccn2)CC1. The largest absolute Gasteiger partial charge is 0.508 e. The maximum atomic E-state index is 12.6. The van der Waals surface area contributed by atoms with Crippen molar-refractivity contribution >= 4 is 17.5 Å². The number of aromatic hydroxyl groups is 1. The highest BCUT2D eigenvalue weighted by Crippen LogP contribution is 2.22. The zero-order chi connectivity index (χ0) is 18.5. The number of benzene rings is 1. The molecule has 0 spiro atoms. The van der Waals surface area contributed by atoms with E-state index in [-0.39, 0.29) is 29.4 Å². The van der Waals surface area contributed by atoms with E-state index < -0.39 is 0 Å². The molecule has 0 aliphatic carbocycles. The van der Waals surface area contributed by atoms with Gasteiger partial charge in [-0.2, -0.15) is 0 Å². The number of likely N-dealkylation sites (tertiary alicyclic amines) is 1. The first-order valence-corrected chi connectivity index (χ1v) is 8.84. The Labute approximate surface area is 152 Å². The van der Waals surface area contributed by atoms with Crippen molar-refractivity contribution in [2.24, 2.45) is 5.92 Å². The Morgan fingerprint density at radius 1 is 1.15 bits per heavy atom. The number of anilines is 1. The summed E-state index contributed by atoms with van der Waals surface area (Å²) >= 11 is 0. The molecule has 1 aliphatic heterocycles. The first-order valence-electron chi connectivity index (χ1n) is 8.84. The van der Waals surface area contributed by atoms with E-state index >= 15 is 0 Å². The number of nitrogens with one attached hydrogen (secondary N) is 1. The lowest BCUT2D eigenvalue weighted by atomic mass is 9.93. The quantitative estimate of drug-likeness (QED) is 0.808. The van der Waals surface area contributed by atoms with Crippen LogP contribution in [0.4, 0.5) is 5.82 Å². The van der Waals surface area contributed by atoms with E-state index in [1.807, 2.05) is 13.0 Å². The number of piperidine rings is 1. The van der Waals surface area contributed by atoms with Gasteiger partial charge in [0.1, 0.15) is 11.6 Å². The van der Waals surface area contributed by atoms with E-state index in [0.717, 1.165) is 0 Å². The van der Waals surface area contributed by atoms with Crippen molar-refractivity contribution in [3.63, 3.8) is 0 Å². The van der Waals surface area contributed by atoms with Crippen molar-refractivity contribution in [2.75, 3.05) is 18.4 Å². The van der Waals surface area contributed by atoms with Crippen molar-refractivity contribution in [2.45, 2.75) is 25.8 Å². The molecule has 1 fully saturated rings. The third-order valence-electron chi connectivity index (χ3n) is 4.90. The Kier molecular flexibility index (Phi) is 5.63. The molecule has 2 heterocycles. The summed E-state index contributed by atoms with van der Waals surface area (Å²) in [5.74, 6) is 0.663. The Balaban J connectivity index is 1.53. The molecule has 26 heavy (non-hydrogen) atoms. The van der Waals surface area contributed by atoms with Crippen molar-refractivity contribution in [3.05, 3.63) is 54.2 Å². The smallest absolute Gasteiger partial charge is 0.228 e. The van der Waals surface area contributed by atoms with Gasteiger partial charge in [0.15, 0.2) is 5.78 Å². The van der Waals surface area contributed by atoms with Crippen LogP contribution in [-0.2, 0) is 4.79 Å². The highest BCUT2D eigenvalue weighted by molar-refractivity contribution is 6.00. The summed E-state index contributed by atoms with van der Waals surface area (Å²) in [5.41, 5.74) is 0.588. The molecule has 6 nitrogen and oxygen atoms in total. The van der Waals surface area contributed by atoms with Gasteiger partial charge < -0.3 is 10.4 Å². The molecule has 1 saturated heterocycles. The van der Waals surface area contributed by atoms with Crippen molar-refractivity contribution in [1.82, 2.24) is 9.88 Å². The van der Waals surface area contributed by atoms with E-state index in [4.69, 9.17) is 0 Å². The van der Waals surface area contributed by atoms with Crippen LogP contribution in [0.5, 0.6) is 5.75 Å². The molecule has 0 saturated carbocycles. The van der Waals surface area contributed by atoms with E-state index in [1.54, 1.807) is 30.5 Å². The highest BCUT2D eigenvalue weighted by atomic mass is 16.3. The van der Waals surface area contributed by atoms with Crippen LogP contribution in [0, 0.1) is 5.92 Å². The molecule has 136 valence electrons. The number of pyridine rings is 1. The molecule has 1 aromatic carbocycles. The maximum absolute atomic E-state index is 12.6. The molecule has 2 N–H and O–H groups in total. The Morgan fingerprint density at radius 2 is 1.85 bits per heavy atom. The van der Waals surface area contributed by atoms with Crippen LogP contribution >= 0.6 is 0 Å². The van der Waals surface area contributed by atoms with Crippen LogP contribution in [0.2, 0.25) is 0 Å². The van der Waals surface area contributed by atoms with E-state index in [0.29, 0.717) is 37.3 Å². The molecule has 1 aromatic heterocycles. The lowest BCUT2D eigenvalue weighted by molar-refractivity contribution is -0.121. The number of Topliss-reactive ketones (excluding diaryl/α,β-unsaturated/α-hetero) is 1. The van der Waals surface area contributed by atoms with Gasteiger partial charge in [-0.1, -0.05) is 6.07 Å². The number of hydrogen-bond donors (Lipinski definition) is 2. The number of rotatable bonds is 5. The van der Waals surface area contributed by atoms with Crippen LogP contribution in [0.1, 0.15) is 30.1 Å². The monoisotopic (exact) mass is 353 g/mol. The molecule has 0 radical (unpaired) electrons. The zero-order valence-electron chi connectivity index (χ0n) is 14.8. The van der Waals surface area contributed by atoms with Crippen LogP contribution in [0.15, 0.2) is 48.7 Å². The number of phenolic OH excluding ortho intramolecular Hbond substituents is 1. The summed E-state index contributed by atoms with van der Waals surface area (Å²) < 4.78 is 0. The third-order valence-corrected chi connectivity index (χ3v) is 4.90. The molecule has 6 heteroatoms. The average Bonchev–Trinajstić information content (AvgIpc) is 2.68. The topological polar surface area (TPSA) is 82.5 Å². The van der Waals surface area contributed by atoms with Gasteiger partial charge in [0.2, 0.25) is 5.91 Å². The molecule has 1 atom stereocenters. The zero-order valence-corrected chi connectivity index (χ0v) is 14.8. The van der Waals surface area contributed by atoms with Crippen LogP contribution < -0.4 is 5.32 Å². The van der Waals surface area contributed by atoms with Gasteiger partial charge in [-0.15, -0.1) is 0 Å². The second-order valence-corrected chi connectivity index (χ2v) is 6.60. The molecule has 0 bridgehead atoms. The number of aromatic nitrogens is 1. The number of phenols is 1. The number of nitrogens with zero attached hydrogens (tertiary/aromatic N) is 2. The lowest BCUT2D eigenvalue weighted by Gasteiger charge is -2.34. The minimum absolute atomic E-state index is 0.0131. The molecule has 1 amide bonds. The van der Waals surface area contributed by atoms with Crippen LogP contribution in [0.3, 0.4) is 0 Å². The predicted octanol–water partition coefficient (Wildman–Crippen LogP) is 2.71. The van der Waals surface area contributed by atoms with Crippen molar-refractivity contribution in [1.29, 1.82) is 0 Å². The number of ketones is 1. The van der Waals surface area contributed by atoms with Gasteiger partial charge in [-0.05, 0) is 69.3 Å². The standard InChI is InChI=1S/C20H23N3O3/c1-14(19(25)15-5-7-17(24)8-6-15)23-12-9-16(10-13-23)20(26)22-18-4-2-3-11-21-18/h2-8,11,14,16,24H,9-10,12-13H2,1H3,(H,21,22,26). The van der Waals surface area contributed by atoms with E-state index in [1.165, 1.54) is 12.1 Å². The van der Waals surface area contributed by atoms with Gasteiger partial charge in [0.05, 0.1) is 6.04 Å². The van der Waals surface area contributed by atoms with E-state index in [2.05, 4.69) is 15.2 Å². The van der Waals surface area contributed by atoms with Gasteiger partial charge in [-0.3, -0.25) is 14.5 Å². The van der Waals surface area contributed by atoms with Crippen LogP contribution in [-0.4, -0.2) is 45.8 Å². The summed E-state index contributed by atoms with van der Waals surface area (Å²) in [6, 6.07) is 11.5. The fourth-order valence-electron chi connectivity index (χ4n) is 3.25. The Hall–Kier alpha value is -2.73. The third kappa shape index (κ3) is 4.26. The molecule has 2 aromatic rings. The molecular formula is C20H23N3O3. The second kappa shape index (κ2) is 8.10. The summed E-state index contributed by atoms with van der Waals surface area (Å²) in [4.78, 5) is 31.2. The number of hydrogen-bond acceptors (Lipinski definition) is 5. The van der Waals surface area contributed by atoms with E-state index in [9.17, 15) is 14.7 Å². The lowest BCUT2D eigenvalue weighted by Crippen LogP contribution is -2.45. The van der Waals surface area contributed by atoms with Crippen LogP contribution in [0.25, 0.3) is 0 Å². The summed E-state index contributed by atoms with van der Waals surface area (Å²) in [6.45, 7) is 3.29. The highest BCUT2D eigenvalue weighted by Gasteiger charge is 2.30. The normalized spacial score (nSPS) is 16.8. The molecular weight excluding hydrogens is 330 g/mol. The Bertz CT molecular complexity index is 754. The summed E-state index contributed by atoms with van der Waals surface area (Å²) in [5, 5.41) is 12.2. The maximum Gasteiger partial charge on any atom is 0.228 e. The van der Waals surface area contributed by atoms with Gasteiger partial charge in [0, 0.05) is 17.7 Å². The molecule has 1 aliphatic rings. The summed E-state index contributed by atoms with van der Waals surface area (Å²) in [7, 11) is 0. The molecule has 1 unspecified atom stereocenters. The average molecular weight is 353 g/mol. The Morgan fingerprint density at radius 3 is 2.46 bits per heavy atom. The summed E-state index contributed by atoms with van der Waals surface area (Å²) in [6.07, 6.45) is 3.08. The van der Waals surface area contributed by atoms with Gasteiger partial charge in [0.25, 0.3) is 0 Å². The first-order chi connectivity index (χ1) is 12.5. The number of amides is 1. The minimum atomic E-state index is -0.251. The van der Waals surface area contributed by atoms with Crippen molar-refractivity contribution < 1.29 is 14.7 Å². The number of carbonyl (C=O) groups excluding carboxylic acids is 2. The minimum Gasteiger partial charge on any atom is -0.508 e. The van der Waals surface area contributed by atoms with Gasteiger partial charge in [-0.25, -0.2) is 4.98 Å². The predicted molar refractivity (Wildman–Crippen MR) is 99.1 cm³/mol. The fourth-order valence-corrected chi connectivity index (χ4v) is 3.25.